The van der Waals surface area contributed by atoms with Crippen LogP contribution >= 0.6 is 0 Å². The van der Waals surface area contributed by atoms with Crippen molar-refractivity contribution in [1.82, 2.24) is 4.31 Å². The van der Waals surface area contributed by atoms with E-state index >= 15 is 0 Å². The summed E-state index contributed by atoms with van der Waals surface area (Å²) >= 11 is 0. The van der Waals surface area contributed by atoms with Gasteiger partial charge in [0.05, 0.1) is 10.8 Å². The third-order valence-electron chi connectivity index (χ3n) is 6.21. The van der Waals surface area contributed by atoms with Crippen LogP contribution in [-0.4, -0.2) is 31.7 Å². The van der Waals surface area contributed by atoms with Gasteiger partial charge in [-0.3, -0.25) is 4.79 Å². The van der Waals surface area contributed by atoms with Crippen molar-refractivity contribution >= 4 is 32.4 Å². The molecule has 1 atom stereocenters. The van der Waals surface area contributed by atoms with Crippen molar-refractivity contribution in [2.45, 2.75) is 17.7 Å². The Balaban J connectivity index is 1.24. The second-order valence-electron chi connectivity index (χ2n) is 8.64. The van der Waals surface area contributed by atoms with E-state index in [1.165, 1.54) is 4.31 Å². The van der Waals surface area contributed by atoms with E-state index in [1.807, 2.05) is 60.7 Å². The Hall–Kier alpha value is -3.68. The molecule has 0 bridgehead atoms. The van der Waals surface area contributed by atoms with Crippen LogP contribution < -0.4 is 10.1 Å². The quantitative estimate of drug-likeness (QED) is 0.381. The molecule has 7 heteroatoms. The Bertz CT molecular complexity index is 1440. The molecule has 6 nitrogen and oxygen atoms in total. The number of nitrogens with one attached hydrogen (secondary N) is 1. The summed E-state index contributed by atoms with van der Waals surface area (Å²) in [5.74, 6) is 0.804. The van der Waals surface area contributed by atoms with Gasteiger partial charge in [-0.1, -0.05) is 48.5 Å². The van der Waals surface area contributed by atoms with Crippen LogP contribution in [0.15, 0.2) is 102 Å². The minimum Gasteiger partial charge on any atom is -0.457 e. The number of hydrogen-bond donors (Lipinski definition) is 1. The first-order valence-electron chi connectivity index (χ1n) is 11.6. The Morgan fingerprint density at radius 2 is 1.51 bits per heavy atom. The number of hydrogen-bond acceptors (Lipinski definition) is 4. The molecule has 1 fully saturated rings. The number of benzene rings is 4. The molecule has 0 aliphatic carbocycles. The van der Waals surface area contributed by atoms with Gasteiger partial charge in [-0.15, -0.1) is 0 Å². The van der Waals surface area contributed by atoms with Crippen molar-refractivity contribution in [3.05, 3.63) is 97.1 Å². The van der Waals surface area contributed by atoms with Crippen LogP contribution in [0.5, 0.6) is 11.5 Å². The number of anilines is 1. The van der Waals surface area contributed by atoms with Crippen molar-refractivity contribution in [3.63, 3.8) is 0 Å². The number of fused-ring (bicyclic) bond motifs is 1. The number of para-hydroxylation sites is 1. The summed E-state index contributed by atoms with van der Waals surface area (Å²) in [5, 5.41) is 4.79. The van der Waals surface area contributed by atoms with E-state index in [0.717, 1.165) is 16.5 Å². The summed E-state index contributed by atoms with van der Waals surface area (Å²) < 4.78 is 33.9. The Morgan fingerprint density at radius 1 is 0.829 bits per heavy atom. The number of piperidine rings is 1. The van der Waals surface area contributed by atoms with Crippen molar-refractivity contribution in [3.8, 4) is 11.5 Å². The summed E-state index contributed by atoms with van der Waals surface area (Å²) in [6.45, 7) is 0.570. The lowest BCUT2D eigenvalue weighted by atomic mass is 9.99. The molecule has 4 aromatic carbocycles. The molecule has 1 aliphatic rings. The average Bonchev–Trinajstić information content (AvgIpc) is 2.90. The molecule has 0 unspecified atom stereocenters. The zero-order valence-corrected chi connectivity index (χ0v) is 19.9. The molecule has 5 rings (SSSR count). The van der Waals surface area contributed by atoms with E-state index in [1.54, 1.807) is 36.4 Å². The van der Waals surface area contributed by atoms with Crippen LogP contribution in [0.1, 0.15) is 12.8 Å². The van der Waals surface area contributed by atoms with Gasteiger partial charge >= 0.3 is 0 Å². The maximum absolute atomic E-state index is 13.3. The van der Waals surface area contributed by atoms with Gasteiger partial charge in [0.2, 0.25) is 15.9 Å². The first kappa shape index (κ1) is 23.1. The summed E-state index contributed by atoms with van der Waals surface area (Å²) in [7, 11) is -3.69. The van der Waals surface area contributed by atoms with E-state index < -0.39 is 15.9 Å². The summed E-state index contributed by atoms with van der Waals surface area (Å²) in [5.41, 5.74) is 0.643. The molecule has 0 spiro atoms. The molecule has 0 radical (unpaired) electrons. The van der Waals surface area contributed by atoms with Crippen LogP contribution in [0.4, 0.5) is 5.69 Å². The number of ether oxygens (including phenoxy) is 1. The lowest BCUT2D eigenvalue weighted by Crippen LogP contribution is -2.43. The molecule has 35 heavy (non-hydrogen) atoms. The van der Waals surface area contributed by atoms with E-state index in [9.17, 15) is 13.2 Å². The third-order valence-corrected chi connectivity index (χ3v) is 8.08. The van der Waals surface area contributed by atoms with Crippen LogP contribution in [-0.2, 0) is 14.8 Å². The highest BCUT2D eigenvalue weighted by Crippen LogP contribution is 2.28. The Kier molecular flexibility index (Phi) is 6.53. The van der Waals surface area contributed by atoms with E-state index in [-0.39, 0.29) is 17.3 Å². The van der Waals surface area contributed by atoms with Crippen molar-refractivity contribution in [2.24, 2.45) is 5.92 Å². The topological polar surface area (TPSA) is 75.7 Å². The second-order valence-corrected chi connectivity index (χ2v) is 10.6. The van der Waals surface area contributed by atoms with Gasteiger partial charge < -0.3 is 10.1 Å². The predicted octanol–water partition coefficient (Wildman–Crippen LogP) is 5.67. The maximum Gasteiger partial charge on any atom is 0.243 e. The summed E-state index contributed by atoms with van der Waals surface area (Å²) in [6, 6.07) is 29.4. The molecule has 1 amide bonds. The van der Waals surface area contributed by atoms with Gasteiger partial charge in [-0.05, 0) is 72.1 Å². The number of nitrogens with zero attached hydrogens (tertiary/aromatic N) is 1. The van der Waals surface area contributed by atoms with E-state index in [4.69, 9.17) is 4.74 Å². The molecular weight excluding hydrogens is 460 g/mol. The number of amides is 1. The van der Waals surface area contributed by atoms with Crippen LogP contribution in [0.25, 0.3) is 10.8 Å². The Morgan fingerprint density at radius 3 is 2.29 bits per heavy atom. The van der Waals surface area contributed by atoms with Gasteiger partial charge in [0.25, 0.3) is 0 Å². The minimum absolute atomic E-state index is 0.163. The normalized spacial score (nSPS) is 16.6. The molecule has 1 saturated heterocycles. The second kappa shape index (κ2) is 9.90. The van der Waals surface area contributed by atoms with Crippen molar-refractivity contribution < 1.29 is 17.9 Å². The van der Waals surface area contributed by atoms with Gasteiger partial charge in [0, 0.05) is 18.8 Å². The van der Waals surface area contributed by atoms with Crippen LogP contribution in [0, 0.1) is 5.92 Å². The standard InChI is InChI=1S/C28H26N2O4S/c31-28(29-24-13-15-26(16-14-24)34-25-10-2-1-3-11-25)23-9-6-18-30(20-23)35(32,33)27-17-12-21-7-4-5-8-22(21)19-27/h1-5,7-8,10-17,19,23H,6,9,18,20H2,(H,29,31)/t23-/m0/s1. The number of carbonyl (C=O) groups is 1. The first-order valence-corrected chi connectivity index (χ1v) is 13.1. The fraction of sp³-hybridized carbons (Fsp3) is 0.179. The van der Waals surface area contributed by atoms with E-state index in [2.05, 4.69) is 5.32 Å². The van der Waals surface area contributed by atoms with Gasteiger partial charge in [-0.2, -0.15) is 4.31 Å². The summed E-state index contributed by atoms with van der Waals surface area (Å²) in [4.78, 5) is 13.2. The number of sulfonamides is 1. The van der Waals surface area contributed by atoms with Gasteiger partial charge in [0.15, 0.2) is 0 Å². The van der Waals surface area contributed by atoms with Crippen molar-refractivity contribution in [2.75, 3.05) is 18.4 Å². The maximum atomic E-state index is 13.3. The predicted molar refractivity (Wildman–Crippen MR) is 137 cm³/mol. The fourth-order valence-corrected chi connectivity index (χ4v) is 5.89. The molecule has 0 saturated carbocycles. The Labute approximate surface area is 205 Å². The molecule has 1 N–H and O–H groups in total. The smallest absolute Gasteiger partial charge is 0.243 e. The largest absolute Gasteiger partial charge is 0.457 e. The highest BCUT2D eigenvalue weighted by atomic mass is 32.2. The molecule has 1 aliphatic heterocycles. The lowest BCUT2D eigenvalue weighted by molar-refractivity contribution is -0.120. The lowest BCUT2D eigenvalue weighted by Gasteiger charge is -2.31. The fourth-order valence-electron chi connectivity index (χ4n) is 4.33. The zero-order chi connectivity index (χ0) is 24.3. The van der Waals surface area contributed by atoms with E-state index in [0.29, 0.717) is 30.8 Å². The van der Waals surface area contributed by atoms with Gasteiger partial charge in [0.1, 0.15) is 11.5 Å². The highest BCUT2D eigenvalue weighted by Gasteiger charge is 2.33. The van der Waals surface area contributed by atoms with Crippen LogP contribution in [0.2, 0.25) is 0 Å². The van der Waals surface area contributed by atoms with Crippen LogP contribution in [0.3, 0.4) is 0 Å². The molecular formula is C28H26N2O4S. The molecule has 4 aromatic rings. The minimum atomic E-state index is -3.69. The van der Waals surface area contributed by atoms with Gasteiger partial charge in [-0.25, -0.2) is 8.42 Å². The number of carbonyl (C=O) groups excluding carboxylic acids is 1. The molecule has 178 valence electrons. The highest BCUT2D eigenvalue weighted by molar-refractivity contribution is 7.89. The molecule has 0 aromatic heterocycles. The molecule has 1 heterocycles. The zero-order valence-electron chi connectivity index (χ0n) is 19.1. The first-order chi connectivity index (χ1) is 17.0. The number of rotatable bonds is 6. The SMILES string of the molecule is O=C(Nc1ccc(Oc2ccccc2)cc1)[C@H]1CCCN(S(=O)(=O)c2ccc3ccccc3c2)C1. The van der Waals surface area contributed by atoms with Crippen molar-refractivity contribution in [1.29, 1.82) is 0 Å². The third kappa shape index (κ3) is 5.21. The average molecular weight is 487 g/mol. The summed E-state index contributed by atoms with van der Waals surface area (Å²) in [6.07, 6.45) is 1.28. The monoisotopic (exact) mass is 486 g/mol.